The van der Waals surface area contributed by atoms with Crippen LogP contribution in [0, 0.1) is 17.7 Å². The summed E-state index contributed by atoms with van der Waals surface area (Å²) < 4.78 is 52.3. The van der Waals surface area contributed by atoms with Crippen molar-refractivity contribution in [2.75, 3.05) is 19.7 Å². The number of aliphatic hydroxyl groups is 1. The largest absolute Gasteiger partial charge is 0.396 e. The zero-order chi connectivity index (χ0) is 19.1. The van der Waals surface area contributed by atoms with Crippen LogP contribution in [-0.2, 0) is 16.0 Å². The van der Waals surface area contributed by atoms with Crippen LogP contribution in [0.25, 0.3) is 0 Å². The predicted octanol–water partition coefficient (Wildman–Crippen LogP) is 1.56. The second-order valence-electron chi connectivity index (χ2n) is 6.71. The minimum absolute atomic E-state index is 0.331. The van der Waals surface area contributed by atoms with E-state index >= 15 is 0 Å². The van der Waals surface area contributed by atoms with Gasteiger partial charge in [0.05, 0.1) is 12.0 Å². The molecule has 1 aromatic carbocycles. The molecule has 2 N–H and O–H groups in total. The van der Waals surface area contributed by atoms with E-state index in [1.54, 1.807) is 6.07 Å². The lowest BCUT2D eigenvalue weighted by molar-refractivity contribution is -0.183. The third-order valence-electron chi connectivity index (χ3n) is 5.07. The summed E-state index contributed by atoms with van der Waals surface area (Å²) in [6.07, 6.45) is -3.45. The average molecular weight is 374 g/mol. The Bertz CT molecular complexity index is 722. The first-order chi connectivity index (χ1) is 12.2. The summed E-state index contributed by atoms with van der Waals surface area (Å²) in [5.41, 5.74) is 1.44. The Labute approximate surface area is 147 Å². The zero-order valence-corrected chi connectivity index (χ0v) is 13.7. The Balaban J connectivity index is 1.67. The van der Waals surface area contributed by atoms with Gasteiger partial charge in [0.15, 0.2) is 0 Å². The summed E-state index contributed by atoms with van der Waals surface area (Å²) in [6.45, 7) is -1.70. The van der Waals surface area contributed by atoms with Crippen molar-refractivity contribution in [2.24, 2.45) is 11.8 Å². The fourth-order valence-corrected chi connectivity index (χ4v) is 3.68. The first-order valence-corrected chi connectivity index (χ1v) is 8.26. The van der Waals surface area contributed by atoms with E-state index in [1.807, 2.05) is 0 Å². The van der Waals surface area contributed by atoms with Crippen LogP contribution in [-0.4, -0.2) is 47.7 Å². The number of fused-ring (bicyclic) bond motifs is 1. The standard InChI is InChI=1S/C17H18F4N2O3/c18-11-3-1-9-2-4-14(12(9)5-11)22-15(25)16(26)23-6-10(8-24)13(7-23)17(19,20)21/h1,3,5,10,13-14,24H,2,4,6-8H2,(H,22,25)/t10-,13+,14?/m0/s1. The molecule has 1 aromatic rings. The molecule has 142 valence electrons. The Morgan fingerprint density at radius 3 is 2.62 bits per heavy atom. The number of likely N-dealkylation sites (tertiary alicyclic amines) is 1. The van der Waals surface area contributed by atoms with Gasteiger partial charge in [-0.1, -0.05) is 6.07 Å². The third kappa shape index (κ3) is 3.53. The van der Waals surface area contributed by atoms with Crippen LogP contribution in [0.2, 0.25) is 0 Å². The van der Waals surface area contributed by atoms with Gasteiger partial charge in [0.1, 0.15) is 5.82 Å². The second-order valence-corrected chi connectivity index (χ2v) is 6.71. The van der Waals surface area contributed by atoms with Gasteiger partial charge in [0.25, 0.3) is 0 Å². The van der Waals surface area contributed by atoms with Crippen molar-refractivity contribution in [1.82, 2.24) is 10.2 Å². The number of carbonyl (C=O) groups excluding carboxylic acids is 2. The lowest BCUT2D eigenvalue weighted by Gasteiger charge is -2.19. The molecule has 1 fully saturated rings. The fourth-order valence-electron chi connectivity index (χ4n) is 3.68. The first kappa shape index (κ1) is 18.6. The van der Waals surface area contributed by atoms with Gasteiger partial charge in [0.2, 0.25) is 0 Å². The lowest BCUT2D eigenvalue weighted by atomic mass is 9.97. The first-order valence-electron chi connectivity index (χ1n) is 8.26. The van der Waals surface area contributed by atoms with Gasteiger partial charge in [0, 0.05) is 25.6 Å². The molecule has 3 rings (SSSR count). The van der Waals surface area contributed by atoms with Gasteiger partial charge in [-0.25, -0.2) is 4.39 Å². The number of benzene rings is 1. The monoisotopic (exact) mass is 374 g/mol. The van der Waals surface area contributed by atoms with Crippen LogP contribution in [0.1, 0.15) is 23.6 Å². The Kier molecular flexibility index (Phi) is 4.92. The van der Waals surface area contributed by atoms with E-state index in [2.05, 4.69) is 5.32 Å². The minimum atomic E-state index is -4.55. The van der Waals surface area contributed by atoms with E-state index in [0.717, 1.165) is 10.5 Å². The molecule has 2 amide bonds. The highest BCUT2D eigenvalue weighted by molar-refractivity contribution is 6.35. The van der Waals surface area contributed by atoms with Crippen LogP contribution >= 0.6 is 0 Å². The summed E-state index contributed by atoms with van der Waals surface area (Å²) in [5, 5.41) is 11.6. The number of carbonyl (C=O) groups is 2. The molecule has 1 aliphatic carbocycles. The van der Waals surface area contributed by atoms with Crippen LogP contribution < -0.4 is 5.32 Å². The number of aryl methyl sites for hydroxylation is 1. The van der Waals surface area contributed by atoms with E-state index in [4.69, 9.17) is 5.11 Å². The molecule has 0 bridgehead atoms. The maximum absolute atomic E-state index is 13.4. The molecule has 1 unspecified atom stereocenters. The number of hydrogen-bond donors (Lipinski definition) is 2. The van der Waals surface area contributed by atoms with Crippen molar-refractivity contribution < 1.29 is 32.3 Å². The number of aliphatic hydroxyl groups excluding tert-OH is 1. The maximum atomic E-state index is 13.4. The molecule has 3 atom stereocenters. The van der Waals surface area contributed by atoms with Gasteiger partial charge in [-0.2, -0.15) is 13.2 Å². The van der Waals surface area contributed by atoms with E-state index < -0.39 is 54.8 Å². The van der Waals surface area contributed by atoms with E-state index in [-0.39, 0.29) is 6.54 Å². The second kappa shape index (κ2) is 6.86. The predicted molar refractivity (Wildman–Crippen MR) is 82.3 cm³/mol. The van der Waals surface area contributed by atoms with Crippen molar-refractivity contribution in [3.8, 4) is 0 Å². The van der Waals surface area contributed by atoms with E-state index in [0.29, 0.717) is 18.4 Å². The molecule has 0 aromatic heterocycles. The summed E-state index contributed by atoms with van der Waals surface area (Å²) in [6, 6.07) is 3.66. The summed E-state index contributed by atoms with van der Waals surface area (Å²) >= 11 is 0. The normalized spacial score (nSPS) is 25.3. The Morgan fingerprint density at radius 1 is 1.27 bits per heavy atom. The van der Waals surface area contributed by atoms with Crippen molar-refractivity contribution in [3.63, 3.8) is 0 Å². The molecular weight excluding hydrogens is 356 g/mol. The van der Waals surface area contributed by atoms with Crippen molar-refractivity contribution in [3.05, 3.63) is 35.1 Å². The molecule has 1 aliphatic heterocycles. The van der Waals surface area contributed by atoms with Crippen LogP contribution in [0.4, 0.5) is 17.6 Å². The summed E-state index contributed by atoms with van der Waals surface area (Å²) in [5.74, 6) is -5.56. The highest BCUT2D eigenvalue weighted by Gasteiger charge is 2.51. The lowest BCUT2D eigenvalue weighted by Crippen LogP contribution is -2.43. The fraction of sp³-hybridized carbons (Fsp3) is 0.529. The molecule has 0 saturated carbocycles. The van der Waals surface area contributed by atoms with Gasteiger partial charge in [-0.05, 0) is 36.1 Å². The van der Waals surface area contributed by atoms with Crippen LogP contribution in [0.3, 0.4) is 0 Å². The number of rotatable bonds is 2. The topological polar surface area (TPSA) is 69.6 Å². The molecule has 0 radical (unpaired) electrons. The zero-order valence-electron chi connectivity index (χ0n) is 13.7. The Morgan fingerprint density at radius 2 is 2.00 bits per heavy atom. The number of amides is 2. The Hall–Kier alpha value is -2.16. The van der Waals surface area contributed by atoms with Crippen LogP contribution in [0.5, 0.6) is 0 Å². The quantitative estimate of drug-likeness (QED) is 0.610. The molecule has 9 heteroatoms. The molecule has 26 heavy (non-hydrogen) atoms. The number of nitrogens with zero attached hydrogens (tertiary/aromatic N) is 1. The van der Waals surface area contributed by atoms with Crippen molar-refractivity contribution >= 4 is 11.8 Å². The molecular formula is C17H18F4N2O3. The van der Waals surface area contributed by atoms with Crippen LogP contribution in [0.15, 0.2) is 18.2 Å². The summed E-state index contributed by atoms with van der Waals surface area (Å²) in [7, 11) is 0. The summed E-state index contributed by atoms with van der Waals surface area (Å²) in [4.78, 5) is 25.2. The smallest absolute Gasteiger partial charge is 0.393 e. The highest BCUT2D eigenvalue weighted by atomic mass is 19.4. The SMILES string of the molecule is O=C(NC1CCc2ccc(F)cc21)C(=O)N1C[C@@H](CO)[C@H](C(F)(F)F)C1. The molecule has 1 heterocycles. The van der Waals surface area contributed by atoms with Gasteiger partial charge in [-0.3, -0.25) is 9.59 Å². The molecule has 1 saturated heterocycles. The average Bonchev–Trinajstić information content (AvgIpc) is 3.18. The highest BCUT2D eigenvalue weighted by Crippen LogP contribution is 2.37. The number of halogens is 4. The van der Waals surface area contributed by atoms with Gasteiger partial charge in [-0.15, -0.1) is 0 Å². The van der Waals surface area contributed by atoms with Gasteiger partial charge < -0.3 is 15.3 Å². The van der Waals surface area contributed by atoms with Gasteiger partial charge >= 0.3 is 18.0 Å². The van der Waals surface area contributed by atoms with Crippen molar-refractivity contribution in [1.29, 1.82) is 0 Å². The maximum Gasteiger partial charge on any atom is 0.393 e. The minimum Gasteiger partial charge on any atom is -0.396 e. The molecule has 0 spiro atoms. The number of alkyl halides is 3. The number of nitrogens with one attached hydrogen (secondary N) is 1. The van der Waals surface area contributed by atoms with E-state index in [1.165, 1.54) is 12.1 Å². The number of hydrogen-bond acceptors (Lipinski definition) is 3. The van der Waals surface area contributed by atoms with Crippen molar-refractivity contribution in [2.45, 2.75) is 25.1 Å². The molecule has 5 nitrogen and oxygen atoms in total. The van der Waals surface area contributed by atoms with E-state index in [9.17, 15) is 27.2 Å². The third-order valence-corrected chi connectivity index (χ3v) is 5.07. The molecule has 2 aliphatic rings.